The fraction of sp³-hybridized carbons (Fsp3) is 0.250. The van der Waals surface area contributed by atoms with E-state index in [1.54, 1.807) is 12.1 Å². The summed E-state index contributed by atoms with van der Waals surface area (Å²) in [5.41, 5.74) is 2.90. The van der Waals surface area contributed by atoms with Crippen LogP contribution in [0.4, 0.5) is 15.8 Å². The number of benzene rings is 2. The van der Waals surface area contributed by atoms with E-state index in [2.05, 4.69) is 21.2 Å². The molecule has 0 aliphatic rings. The minimum atomic E-state index is -0.260. The third kappa shape index (κ3) is 3.89. The van der Waals surface area contributed by atoms with Crippen LogP contribution in [0.2, 0.25) is 5.02 Å². The third-order valence-electron chi connectivity index (χ3n) is 3.26. The van der Waals surface area contributed by atoms with Crippen LogP contribution in [0.5, 0.6) is 0 Å². The van der Waals surface area contributed by atoms with Crippen molar-refractivity contribution in [2.75, 3.05) is 24.3 Å². The first-order valence-electron chi connectivity index (χ1n) is 6.57. The second-order valence-electron chi connectivity index (χ2n) is 5.10. The van der Waals surface area contributed by atoms with E-state index in [9.17, 15) is 4.39 Å². The van der Waals surface area contributed by atoms with Gasteiger partial charge < -0.3 is 10.2 Å². The van der Waals surface area contributed by atoms with Crippen LogP contribution in [0.3, 0.4) is 0 Å². The Morgan fingerprint density at radius 3 is 2.48 bits per heavy atom. The van der Waals surface area contributed by atoms with Crippen LogP contribution in [0.25, 0.3) is 0 Å². The van der Waals surface area contributed by atoms with Crippen molar-refractivity contribution < 1.29 is 4.39 Å². The maximum Gasteiger partial charge on any atom is 0.137 e. The van der Waals surface area contributed by atoms with Crippen molar-refractivity contribution in [3.8, 4) is 0 Å². The van der Waals surface area contributed by atoms with E-state index in [0.717, 1.165) is 16.9 Å². The first-order chi connectivity index (χ1) is 9.88. The van der Waals surface area contributed by atoms with Gasteiger partial charge in [0.05, 0.1) is 15.2 Å². The molecular weight excluding hydrogens is 355 g/mol. The Morgan fingerprint density at radius 2 is 1.90 bits per heavy atom. The lowest BCUT2D eigenvalue weighted by Gasteiger charge is -2.19. The number of nitrogens with zero attached hydrogens (tertiary/aromatic N) is 1. The number of rotatable bonds is 4. The van der Waals surface area contributed by atoms with E-state index in [-0.39, 0.29) is 11.9 Å². The van der Waals surface area contributed by atoms with Crippen LogP contribution in [-0.2, 0) is 0 Å². The monoisotopic (exact) mass is 370 g/mol. The molecular formula is C16H17BrClFN2. The van der Waals surface area contributed by atoms with Crippen molar-refractivity contribution in [3.63, 3.8) is 0 Å². The van der Waals surface area contributed by atoms with Gasteiger partial charge in [0.25, 0.3) is 0 Å². The van der Waals surface area contributed by atoms with Crippen LogP contribution < -0.4 is 10.2 Å². The topological polar surface area (TPSA) is 15.3 Å². The second-order valence-corrected chi connectivity index (χ2v) is 6.36. The van der Waals surface area contributed by atoms with E-state index in [1.165, 1.54) is 6.07 Å². The van der Waals surface area contributed by atoms with Gasteiger partial charge >= 0.3 is 0 Å². The van der Waals surface area contributed by atoms with Gasteiger partial charge in [-0.15, -0.1) is 0 Å². The Kier molecular flexibility index (Phi) is 5.12. The van der Waals surface area contributed by atoms with Crippen LogP contribution in [0, 0.1) is 5.82 Å². The highest BCUT2D eigenvalue weighted by molar-refractivity contribution is 9.10. The number of hydrogen-bond donors (Lipinski definition) is 1. The highest BCUT2D eigenvalue weighted by atomic mass is 79.9. The highest BCUT2D eigenvalue weighted by Gasteiger charge is 2.10. The molecule has 0 aliphatic carbocycles. The standard InChI is InChI=1S/C16H17BrClFN2/c1-10(11-4-6-15(19)13(17)8-11)20-12-5-7-16(21(2)3)14(18)9-12/h4-10,20H,1-3H3. The lowest BCUT2D eigenvalue weighted by molar-refractivity contribution is 0.619. The van der Waals surface area contributed by atoms with Crippen molar-refractivity contribution in [1.82, 2.24) is 0 Å². The molecule has 0 aromatic heterocycles. The maximum absolute atomic E-state index is 13.3. The zero-order valence-electron chi connectivity index (χ0n) is 12.1. The van der Waals surface area contributed by atoms with Gasteiger partial charge in [0, 0.05) is 25.8 Å². The van der Waals surface area contributed by atoms with Crippen molar-refractivity contribution in [2.24, 2.45) is 0 Å². The van der Waals surface area contributed by atoms with Gasteiger partial charge in [-0.25, -0.2) is 4.39 Å². The lowest BCUT2D eigenvalue weighted by Crippen LogP contribution is -2.10. The zero-order chi connectivity index (χ0) is 15.6. The summed E-state index contributed by atoms with van der Waals surface area (Å²) in [4.78, 5) is 1.96. The van der Waals surface area contributed by atoms with Crippen molar-refractivity contribution >= 4 is 38.9 Å². The summed E-state index contributed by atoms with van der Waals surface area (Å²) in [6.07, 6.45) is 0. The SMILES string of the molecule is CC(Nc1ccc(N(C)C)c(Cl)c1)c1ccc(F)c(Br)c1. The van der Waals surface area contributed by atoms with Crippen molar-refractivity contribution in [2.45, 2.75) is 13.0 Å². The zero-order valence-corrected chi connectivity index (χ0v) is 14.5. The van der Waals surface area contributed by atoms with Gasteiger partial charge in [0.2, 0.25) is 0 Å². The molecule has 0 bridgehead atoms. The van der Waals surface area contributed by atoms with E-state index in [0.29, 0.717) is 9.50 Å². The lowest BCUT2D eigenvalue weighted by atomic mass is 10.1. The molecule has 0 spiro atoms. The van der Waals surface area contributed by atoms with E-state index in [4.69, 9.17) is 11.6 Å². The Bertz CT molecular complexity index is 646. The van der Waals surface area contributed by atoms with E-state index >= 15 is 0 Å². The number of anilines is 2. The molecule has 1 atom stereocenters. The van der Waals surface area contributed by atoms with Gasteiger partial charge in [-0.1, -0.05) is 17.7 Å². The molecule has 0 saturated heterocycles. The van der Waals surface area contributed by atoms with Crippen molar-refractivity contribution in [1.29, 1.82) is 0 Å². The molecule has 0 saturated carbocycles. The Balaban J connectivity index is 2.17. The molecule has 2 aromatic rings. The second kappa shape index (κ2) is 6.67. The molecule has 0 radical (unpaired) electrons. The summed E-state index contributed by atoms with van der Waals surface area (Å²) in [5.74, 6) is -0.260. The predicted octanol–water partition coefficient (Wildman–Crippen LogP) is 5.48. The first kappa shape index (κ1) is 16.1. The Morgan fingerprint density at radius 1 is 1.19 bits per heavy atom. The largest absolute Gasteiger partial charge is 0.378 e. The molecule has 2 rings (SSSR count). The summed E-state index contributed by atoms with van der Waals surface area (Å²) >= 11 is 9.47. The fourth-order valence-corrected chi connectivity index (χ4v) is 2.82. The fourth-order valence-electron chi connectivity index (χ4n) is 2.07. The van der Waals surface area contributed by atoms with Gasteiger partial charge in [-0.2, -0.15) is 0 Å². The van der Waals surface area contributed by atoms with Gasteiger partial charge in [-0.3, -0.25) is 0 Å². The summed E-state index contributed by atoms with van der Waals surface area (Å²) in [5, 5.41) is 4.06. The predicted molar refractivity (Wildman–Crippen MR) is 91.9 cm³/mol. The normalized spacial score (nSPS) is 12.1. The van der Waals surface area contributed by atoms with Crippen LogP contribution >= 0.6 is 27.5 Å². The van der Waals surface area contributed by atoms with Gasteiger partial charge in [0.1, 0.15) is 5.82 Å². The maximum atomic E-state index is 13.3. The first-order valence-corrected chi connectivity index (χ1v) is 7.74. The minimum absolute atomic E-state index is 0.0446. The molecule has 2 aromatic carbocycles. The molecule has 1 N–H and O–H groups in total. The highest BCUT2D eigenvalue weighted by Crippen LogP contribution is 2.30. The summed E-state index contributed by atoms with van der Waals surface area (Å²) < 4.78 is 13.7. The van der Waals surface area contributed by atoms with Crippen LogP contribution in [0.15, 0.2) is 40.9 Å². The minimum Gasteiger partial charge on any atom is -0.378 e. The molecule has 0 amide bonds. The smallest absolute Gasteiger partial charge is 0.137 e. The van der Waals surface area contributed by atoms with Crippen LogP contribution in [-0.4, -0.2) is 14.1 Å². The molecule has 0 fully saturated rings. The molecule has 0 heterocycles. The van der Waals surface area contributed by atoms with E-state index in [1.807, 2.05) is 44.1 Å². The van der Waals surface area contributed by atoms with Crippen molar-refractivity contribution in [3.05, 3.63) is 57.3 Å². The number of hydrogen-bond acceptors (Lipinski definition) is 2. The molecule has 5 heteroatoms. The average Bonchev–Trinajstić information content (AvgIpc) is 2.41. The summed E-state index contributed by atoms with van der Waals surface area (Å²) in [7, 11) is 3.90. The van der Waals surface area contributed by atoms with Crippen LogP contribution in [0.1, 0.15) is 18.5 Å². The van der Waals surface area contributed by atoms with Gasteiger partial charge in [0.15, 0.2) is 0 Å². The quantitative estimate of drug-likeness (QED) is 0.765. The molecule has 2 nitrogen and oxygen atoms in total. The summed E-state index contributed by atoms with van der Waals surface area (Å²) in [6, 6.07) is 10.9. The molecule has 112 valence electrons. The number of halogens is 3. The Hall–Kier alpha value is -1.26. The molecule has 0 aliphatic heterocycles. The molecule has 21 heavy (non-hydrogen) atoms. The summed E-state index contributed by atoms with van der Waals surface area (Å²) in [6.45, 7) is 2.02. The molecule has 1 unspecified atom stereocenters. The van der Waals surface area contributed by atoms with Gasteiger partial charge in [-0.05, 0) is 58.7 Å². The Labute approximate surface area is 138 Å². The third-order valence-corrected chi connectivity index (χ3v) is 4.17. The average molecular weight is 372 g/mol. The van der Waals surface area contributed by atoms with E-state index < -0.39 is 0 Å². The number of nitrogens with one attached hydrogen (secondary N) is 1.